The zero-order chi connectivity index (χ0) is 14.9. The van der Waals surface area contributed by atoms with E-state index in [0.717, 1.165) is 30.8 Å². The number of rotatable bonds is 8. The van der Waals surface area contributed by atoms with E-state index in [1.807, 2.05) is 42.1 Å². The maximum atomic E-state index is 11.1. The Kier molecular flexibility index (Phi) is 6.31. The van der Waals surface area contributed by atoms with Gasteiger partial charge >= 0.3 is 5.97 Å². The van der Waals surface area contributed by atoms with Crippen molar-refractivity contribution in [1.29, 1.82) is 0 Å². The molecule has 0 radical (unpaired) electrons. The van der Waals surface area contributed by atoms with Crippen LogP contribution in [0.5, 0.6) is 0 Å². The molecule has 2 N–H and O–H groups in total. The second kappa shape index (κ2) is 8.49. The van der Waals surface area contributed by atoms with Crippen LogP contribution in [0.25, 0.3) is 0 Å². The first-order valence-corrected chi connectivity index (χ1v) is 7.95. The predicted molar refractivity (Wildman–Crippen MR) is 87.1 cm³/mol. The number of carboxylic acid groups (broad SMARTS) is 1. The molecule has 4 heteroatoms. The van der Waals surface area contributed by atoms with Crippen LogP contribution in [0.4, 0.5) is 0 Å². The van der Waals surface area contributed by atoms with Gasteiger partial charge in [-0.15, -0.1) is 11.8 Å². The Hall–Kier alpha value is -1.78. The summed E-state index contributed by atoms with van der Waals surface area (Å²) in [6.07, 6.45) is 0.735. The van der Waals surface area contributed by atoms with Crippen molar-refractivity contribution in [2.45, 2.75) is 11.3 Å². The summed E-state index contributed by atoms with van der Waals surface area (Å²) in [4.78, 5) is 12.4. The number of thioether (sulfide) groups is 1. The van der Waals surface area contributed by atoms with Crippen molar-refractivity contribution in [2.75, 3.05) is 18.8 Å². The summed E-state index contributed by atoms with van der Waals surface area (Å²) in [6.45, 7) is 1.70. The van der Waals surface area contributed by atoms with Gasteiger partial charge in [-0.1, -0.05) is 36.4 Å². The Bertz CT molecular complexity index is 572. The number of carbonyl (C=O) groups is 1. The lowest BCUT2D eigenvalue weighted by Gasteiger charge is -2.07. The molecule has 0 aliphatic heterocycles. The van der Waals surface area contributed by atoms with E-state index in [1.165, 1.54) is 4.90 Å². The first kappa shape index (κ1) is 15.6. The summed E-state index contributed by atoms with van der Waals surface area (Å²) in [5, 5.41) is 12.5. The summed E-state index contributed by atoms with van der Waals surface area (Å²) < 4.78 is 0. The molecule has 0 fully saturated rings. The van der Waals surface area contributed by atoms with Crippen LogP contribution in [0.2, 0.25) is 0 Å². The topological polar surface area (TPSA) is 49.3 Å². The molecule has 0 bridgehead atoms. The van der Waals surface area contributed by atoms with Crippen molar-refractivity contribution >= 4 is 17.7 Å². The van der Waals surface area contributed by atoms with Gasteiger partial charge in [-0.3, -0.25) is 0 Å². The quantitative estimate of drug-likeness (QED) is 0.580. The molecule has 0 saturated heterocycles. The number of carboxylic acids is 1. The second-order valence-electron chi connectivity index (χ2n) is 4.62. The summed E-state index contributed by atoms with van der Waals surface area (Å²) in [7, 11) is 0. The lowest BCUT2D eigenvalue weighted by Crippen LogP contribution is -2.20. The summed E-state index contributed by atoms with van der Waals surface area (Å²) in [5.74, 6) is 0.148. The monoisotopic (exact) mass is 301 g/mol. The van der Waals surface area contributed by atoms with E-state index in [-0.39, 0.29) is 0 Å². The minimum Gasteiger partial charge on any atom is -0.478 e. The van der Waals surface area contributed by atoms with Crippen molar-refractivity contribution in [1.82, 2.24) is 5.32 Å². The van der Waals surface area contributed by atoms with Crippen molar-refractivity contribution in [3.05, 3.63) is 65.7 Å². The number of benzene rings is 2. The zero-order valence-corrected chi connectivity index (χ0v) is 12.6. The Labute approximate surface area is 129 Å². The first-order chi connectivity index (χ1) is 10.3. The van der Waals surface area contributed by atoms with Gasteiger partial charge in [0.2, 0.25) is 0 Å². The molecule has 3 nitrogen and oxygen atoms in total. The molecule has 0 heterocycles. The van der Waals surface area contributed by atoms with Crippen molar-refractivity contribution in [3.8, 4) is 0 Å². The minimum absolute atomic E-state index is 0.401. The fourth-order valence-electron chi connectivity index (χ4n) is 2.05. The van der Waals surface area contributed by atoms with Gasteiger partial charge in [-0.25, -0.2) is 4.79 Å². The molecule has 0 spiro atoms. The third-order valence-corrected chi connectivity index (χ3v) is 4.12. The van der Waals surface area contributed by atoms with Crippen LogP contribution in [0.15, 0.2) is 59.5 Å². The smallest absolute Gasteiger partial charge is 0.335 e. The molecule has 21 heavy (non-hydrogen) atoms. The van der Waals surface area contributed by atoms with Gasteiger partial charge in [-0.2, -0.15) is 0 Å². The highest BCUT2D eigenvalue weighted by molar-refractivity contribution is 7.99. The van der Waals surface area contributed by atoms with E-state index in [2.05, 4.69) is 17.4 Å². The third-order valence-electron chi connectivity index (χ3n) is 3.11. The van der Waals surface area contributed by atoms with Crippen LogP contribution in [0.1, 0.15) is 15.9 Å². The molecular weight excluding hydrogens is 282 g/mol. The van der Waals surface area contributed by atoms with Crippen LogP contribution in [0, 0.1) is 0 Å². The number of aromatic carboxylic acids is 1. The first-order valence-electron chi connectivity index (χ1n) is 6.97. The van der Waals surface area contributed by atoms with Gasteiger partial charge < -0.3 is 10.4 Å². The molecule has 0 saturated carbocycles. The Balaban J connectivity index is 1.67. The Morgan fingerprint density at radius 2 is 1.71 bits per heavy atom. The second-order valence-corrected chi connectivity index (χ2v) is 5.79. The van der Waals surface area contributed by atoms with Gasteiger partial charge in [-0.05, 0) is 36.7 Å². The van der Waals surface area contributed by atoms with E-state index in [0.29, 0.717) is 5.56 Å². The van der Waals surface area contributed by atoms with E-state index in [1.54, 1.807) is 12.1 Å². The molecule has 0 atom stereocenters. The molecule has 110 valence electrons. The van der Waals surface area contributed by atoms with Gasteiger partial charge in [0.1, 0.15) is 0 Å². The summed E-state index contributed by atoms with van der Waals surface area (Å²) >= 11 is 1.82. The normalized spacial score (nSPS) is 10.5. The van der Waals surface area contributed by atoms with Gasteiger partial charge in [0.15, 0.2) is 0 Å². The molecular formula is C17H19NO2S. The predicted octanol–water partition coefficient (Wildman–Crippen LogP) is 3.31. The Morgan fingerprint density at radius 3 is 2.48 bits per heavy atom. The van der Waals surface area contributed by atoms with E-state index >= 15 is 0 Å². The molecule has 0 amide bonds. The highest BCUT2D eigenvalue weighted by Crippen LogP contribution is 2.15. The lowest BCUT2D eigenvalue weighted by molar-refractivity contribution is 0.0695. The third kappa shape index (κ3) is 5.25. The SMILES string of the molecule is O=C(O)c1ccccc1CCNCCSc1ccccc1. The maximum absolute atomic E-state index is 11.1. The Morgan fingerprint density at radius 1 is 1.00 bits per heavy atom. The number of hydrogen-bond donors (Lipinski definition) is 2. The largest absolute Gasteiger partial charge is 0.478 e. The van der Waals surface area contributed by atoms with Crippen LogP contribution < -0.4 is 5.32 Å². The van der Waals surface area contributed by atoms with E-state index in [9.17, 15) is 4.79 Å². The maximum Gasteiger partial charge on any atom is 0.335 e. The minimum atomic E-state index is -0.856. The fraction of sp³-hybridized carbons (Fsp3) is 0.235. The van der Waals surface area contributed by atoms with Gasteiger partial charge in [0, 0.05) is 17.2 Å². The molecule has 2 aromatic carbocycles. The fourth-order valence-corrected chi connectivity index (χ4v) is 2.88. The van der Waals surface area contributed by atoms with Crippen molar-refractivity contribution in [3.63, 3.8) is 0 Å². The van der Waals surface area contributed by atoms with Crippen LogP contribution >= 0.6 is 11.8 Å². The zero-order valence-electron chi connectivity index (χ0n) is 11.8. The van der Waals surface area contributed by atoms with E-state index < -0.39 is 5.97 Å². The standard InChI is InChI=1S/C17H19NO2S/c19-17(20)16-9-5-4-6-14(16)10-11-18-12-13-21-15-7-2-1-3-8-15/h1-9,18H,10-13H2,(H,19,20). The molecule has 0 aliphatic carbocycles. The number of hydrogen-bond acceptors (Lipinski definition) is 3. The lowest BCUT2D eigenvalue weighted by atomic mass is 10.0. The van der Waals surface area contributed by atoms with Crippen LogP contribution in [0.3, 0.4) is 0 Å². The molecule has 0 aromatic heterocycles. The van der Waals surface area contributed by atoms with Gasteiger partial charge in [0.05, 0.1) is 5.56 Å². The average molecular weight is 301 g/mol. The van der Waals surface area contributed by atoms with Crippen LogP contribution in [-0.2, 0) is 6.42 Å². The van der Waals surface area contributed by atoms with Crippen molar-refractivity contribution < 1.29 is 9.90 Å². The van der Waals surface area contributed by atoms with Crippen LogP contribution in [-0.4, -0.2) is 29.9 Å². The highest BCUT2D eigenvalue weighted by atomic mass is 32.2. The van der Waals surface area contributed by atoms with E-state index in [4.69, 9.17) is 5.11 Å². The molecule has 0 aliphatic rings. The highest BCUT2D eigenvalue weighted by Gasteiger charge is 2.07. The average Bonchev–Trinajstić information content (AvgIpc) is 2.52. The summed E-state index contributed by atoms with van der Waals surface area (Å²) in [5.41, 5.74) is 1.28. The van der Waals surface area contributed by atoms with Gasteiger partial charge in [0.25, 0.3) is 0 Å². The molecule has 0 unspecified atom stereocenters. The number of nitrogens with one attached hydrogen (secondary N) is 1. The molecule has 2 aromatic rings. The molecule has 2 rings (SSSR count). The summed E-state index contributed by atoms with van der Waals surface area (Å²) in [6, 6.07) is 17.5. The van der Waals surface area contributed by atoms with Crippen molar-refractivity contribution in [2.24, 2.45) is 0 Å².